The second kappa shape index (κ2) is 6.45. The van der Waals surface area contributed by atoms with Crippen molar-refractivity contribution in [2.24, 2.45) is 5.92 Å². The number of anilines is 1. The summed E-state index contributed by atoms with van der Waals surface area (Å²) in [5, 5.41) is 0. The van der Waals surface area contributed by atoms with Gasteiger partial charge in [0.1, 0.15) is 11.9 Å². The molecule has 1 aliphatic rings. The molecule has 0 aliphatic heterocycles. The van der Waals surface area contributed by atoms with E-state index >= 15 is 0 Å². The molecule has 4 nitrogen and oxygen atoms in total. The van der Waals surface area contributed by atoms with Crippen LogP contribution in [0.4, 0.5) is 5.69 Å². The third kappa shape index (κ3) is 3.63. The second-order valence-corrected chi connectivity index (χ2v) is 4.87. The molecule has 1 aliphatic carbocycles. The fourth-order valence-electron chi connectivity index (χ4n) is 2.48. The van der Waals surface area contributed by atoms with Crippen LogP contribution >= 0.6 is 0 Å². The summed E-state index contributed by atoms with van der Waals surface area (Å²) in [7, 11) is 0. The zero-order chi connectivity index (χ0) is 13.7. The van der Waals surface area contributed by atoms with Crippen molar-refractivity contribution >= 4 is 11.7 Å². The molecule has 0 spiro atoms. The van der Waals surface area contributed by atoms with E-state index in [1.54, 1.807) is 12.1 Å². The van der Waals surface area contributed by atoms with Gasteiger partial charge in [-0.25, -0.2) is 0 Å². The van der Waals surface area contributed by atoms with Crippen LogP contribution in [0.2, 0.25) is 0 Å². The lowest BCUT2D eigenvalue weighted by Crippen LogP contribution is -2.36. The SMILES string of the molecule is CCOC(=O)C1CCCCC1Oc1ccc(N)cc1. The van der Waals surface area contributed by atoms with Crippen LogP contribution in [0.1, 0.15) is 32.6 Å². The summed E-state index contributed by atoms with van der Waals surface area (Å²) in [5.41, 5.74) is 6.35. The molecule has 2 rings (SSSR count). The van der Waals surface area contributed by atoms with Crippen LogP contribution in [0.15, 0.2) is 24.3 Å². The van der Waals surface area contributed by atoms with Gasteiger partial charge in [-0.15, -0.1) is 0 Å². The van der Waals surface area contributed by atoms with Gasteiger partial charge < -0.3 is 15.2 Å². The Kier molecular flexibility index (Phi) is 4.66. The van der Waals surface area contributed by atoms with Crippen molar-refractivity contribution < 1.29 is 14.3 Å². The van der Waals surface area contributed by atoms with E-state index in [0.29, 0.717) is 12.3 Å². The third-order valence-corrected chi connectivity index (χ3v) is 3.46. The molecule has 1 aromatic rings. The topological polar surface area (TPSA) is 61.5 Å². The molecular formula is C15H21NO3. The highest BCUT2D eigenvalue weighted by molar-refractivity contribution is 5.73. The summed E-state index contributed by atoms with van der Waals surface area (Å²) in [6.45, 7) is 2.25. The van der Waals surface area contributed by atoms with Crippen molar-refractivity contribution in [3.05, 3.63) is 24.3 Å². The van der Waals surface area contributed by atoms with E-state index in [-0.39, 0.29) is 18.0 Å². The lowest BCUT2D eigenvalue weighted by atomic mass is 9.86. The predicted molar refractivity (Wildman–Crippen MR) is 73.9 cm³/mol. The summed E-state index contributed by atoms with van der Waals surface area (Å²) in [5.74, 6) is 0.476. The summed E-state index contributed by atoms with van der Waals surface area (Å²) in [4.78, 5) is 11.9. The van der Waals surface area contributed by atoms with E-state index in [1.807, 2.05) is 19.1 Å². The first kappa shape index (κ1) is 13.7. The maximum Gasteiger partial charge on any atom is 0.312 e. The molecule has 0 bridgehead atoms. The van der Waals surface area contributed by atoms with Crippen molar-refractivity contribution in [1.29, 1.82) is 0 Å². The molecule has 1 aromatic carbocycles. The predicted octanol–water partition coefficient (Wildman–Crippen LogP) is 2.77. The Balaban J connectivity index is 2.03. The van der Waals surface area contributed by atoms with E-state index in [0.717, 1.165) is 31.4 Å². The lowest BCUT2D eigenvalue weighted by molar-refractivity contribution is -0.152. The van der Waals surface area contributed by atoms with Gasteiger partial charge in [-0.05, 0) is 50.5 Å². The zero-order valence-electron chi connectivity index (χ0n) is 11.3. The van der Waals surface area contributed by atoms with Crippen LogP contribution < -0.4 is 10.5 Å². The van der Waals surface area contributed by atoms with Crippen molar-refractivity contribution in [3.63, 3.8) is 0 Å². The molecule has 0 heterocycles. The van der Waals surface area contributed by atoms with Gasteiger partial charge in [0.25, 0.3) is 0 Å². The van der Waals surface area contributed by atoms with Gasteiger partial charge in [-0.1, -0.05) is 6.42 Å². The van der Waals surface area contributed by atoms with E-state index in [1.165, 1.54) is 0 Å². The lowest BCUT2D eigenvalue weighted by Gasteiger charge is -2.30. The first-order chi connectivity index (χ1) is 9.20. The van der Waals surface area contributed by atoms with E-state index < -0.39 is 0 Å². The molecule has 19 heavy (non-hydrogen) atoms. The number of carbonyl (C=O) groups excluding carboxylic acids is 1. The number of esters is 1. The normalized spacial score (nSPS) is 22.8. The molecular weight excluding hydrogens is 242 g/mol. The number of nitrogens with two attached hydrogens (primary N) is 1. The van der Waals surface area contributed by atoms with Gasteiger partial charge in [0, 0.05) is 5.69 Å². The van der Waals surface area contributed by atoms with Crippen molar-refractivity contribution in [2.45, 2.75) is 38.7 Å². The minimum absolute atomic E-state index is 0.0866. The fourth-order valence-corrected chi connectivity index (χ4v) is 2.48. The van der Waals surface area contributed by atoms with Crippen LogP contribution in [0.3, 0.4) is 0 Å². The minimum atomic E-state index is -0.147. The van der Waals surface area contributed by atoms with Gasteiger partial charge in [-0.2, -0.15) is 0 Å². The van der Waals surface area contributed by atoms with Gasteiger partial charge >= 0.3 is 5.97 Å². The standard InChI is InChI=1S/C15H21NO3/c1-2-18-15(17)13-5-3-4-6-14(13)19-12-9-7-11(16)8-10-12/h7-10,13-14H,2-6,16H2,1H3. The second-order valence-electron chi connectivity index (χ2n) is 4.87. The Bertz CT molecular complexity index is 416. The maximum absolute atomic E-state index is 11.9. The van der Waals surface area contributed by atoms with Crippen LogP contribution in [-0.4, -0.2) is 18.7 Å². The first-order valence-corrected chi connectivity index (χ1v) is 6.89. The molecule has 2 unspecified atom stereocenters. The van der Waals surface area contributed by atoms with Crippen molar-refractivity contribution in [1.82, 2.24) is 0 Å². The monoisotopic (exact) mass is 263 g/mol. The van der Waals surface area contributed by atoms with E-state index in [4.69, 9.17) is 15.2 Å². The molecule has 2 N–H and O–H groups in total. The quantitative estimate of drug-likeness (QED) is 0.670. The summed E-state index contributed by atoms with van der Waals surface area (Å²) in [6, 6.07) is 7.29. The third-order valence-electron chi connectivity index (χ3n) is 3.46. The Morgan fingerprint density at radius 3 is 2.63 bits per heavy atom. The van der Waals surface area contributed by atoms with Crippen molar-refractivity contribution in [3.8, 4) is 5.75 Å². The number of hydrogen-bond donors (Lipinski definition) is 1. The number of hydrogen-bond acceptors (Lipinski definition) is 4. The largest absolute Gasteiger partial charge is 0.490 e. The highest BCUT2D eigenvalue weighted by Gasteiger charge is 2.33. The van der Waals surface area contributed by atoms with Gasteiger partial charge in [0.2, 0.25) is 0 Å². The molecule has 2 atom stereocenters. The van der Waals surface area contributed by atoms with Crippen LogP contribution in [-0.2, 0) is 9.53 Å². The molecule has 1 fully saturated rings. The Hall–Kier alpha value is -1.71. The van der Waals surface area contributed by atoms with Crippen LogP contribution in [0, 0.1) is 5.92 Å². The maximum atomic E-state index is 11.9. The fraction of sp³-hybridized carbons (Fsp3) is 0.533. The average molecular weight is 263 g/mol. The highest BCUT2D eigenvalue weighted by atomic mass is 16.5. The number of rotatable bonds is 4. The molecule has 0 amide bonds. The minimum Gasteiger partial charge on any atom is -0.490 e. The molecule has 4 heteroatoms. The zero-order valence-corrected chi connectivity index (χ0v) is 11.3. The highest BCUT2D eigenvalue weighted by Crippen LogP contribution is 2.29. The van der Waals surface area contributed by atoms with Gasteiger partial charge in [-0.3, -0.25) is 4.79 Å². The molecule has 1 saturated carbocycles. The van der Waals surface area contributed by atoms with E-state index in [9.17, 15) is 4.79 Å². The Morgan fingerprint density at radius 1 is 1.26 bits per heavy atom. The molecule has 0 aromatic heterocycles. The smallest absolute Gasteiger partial charge is 0.312 e. The number of ether oxygens (including phenoxy) is 2. The molecule has 104 valence electrons. The average Bonchev–Trinajstić information content (AvgIpc) is 2.42. The number of carbonyl (C=O) groups is 1. The Morgan fingerprint density at radius 2 is 1.95 bits per heavy atom. The van der Waals surface area contributed by atoms with Crippen molar-refractivity contribution in [2.75, 3.05) is 12.3 Å². The van der Waals surface area contributed by atoms with Crippen LogP contribution in [0.25, 0.3) is 0 Å². The number of benzene rings is 1. The number of nitrogen functional groups attached to an aromatic ring is 1. The van der Waals surface area contributed by atoms with Gasteiger partial charge in [0.15, 0.2) is 0 Å². The van der Waals surface area contributed by atoms with Crippen LogP contribution in [0.5, 0.6) is 5.75 Å². The van der Waals surface area contributed by atoms with Gasteiger partial charge in [0.05, 0.1) is 12.5 Å². The molecule has 0 radical (unpaired) electrons. The summed E-state index contributed by atoms with van der Waals surface area (Å²) < 4.78 is 11.1. The Labute approximate surface area is 113 Å². The summed E-state index contributed by atoms with van der Waals surface area (Å²) in [6.07, 6.45) is 3.81. The first-order valence-electron chi connectivity index (χ1n) is 6.89. The van der Waals surface area contributed by atoms with E-state index in [2.05, 4.69) is 0 Å². The summed E-state index contributed by atoms with van der Waals surface area (Å²) >= 11 is 0. The molecule has 0 saturated heterocycles.